The van der Waals surface area contributed by atoms with Crippen LogP contribution in [0.2, 0.25) is 0 Å². The van der Waals surface area contributed by atoms with Crippen molar-refractivity contribution in [3.63, 3.8) is 0 Å². The van der Waals surface area contributed by atoms with Gasteiger partial charge in [-0.25, -0.2) is 0 Å². The first kappa shape index (κ1) is 13.1. The fourth-order valence-corrected chi connectivity index (χ4v) is 1.66. The van der Waals surface area contributed by atoms with Crippen LogP contribution in [0.5, 0.6) is 11.5 Å². The number of hydrogen-bond acceptors (Lipinski definition) is 3. The molecule has 0 unspecified atom stereocenters. The van der Waals surface area contributed by atoms with Gasteiger partial charge in [-0.3, -0.25) is 0 Å². The fraction of sp³-hybridized carbons (Fsp3) is 0.143. The molecule has 0 fully saturated rings. The van der Waals surface area contributed by atoms with Gasteiger partial charge in [0, 0.05) is 12.1 Å². The highest BCUT2D eigenvalue weighted by molar-refractivity contribution is 5.56. The molecule has 0 saturated heterocycles. The van der Waals surface area contributed by atoms with Gasteiger partial charge in [0.25, 0.3) is 0 Å². The normalized spacial score (nSPS) is 10.5. The molecule has 0 spiro atoms. The summed E-state index contributed by atoms with van der Waals surface area (Å²) in [6.45, 7) is -2.55. The first-order chi connectivity index (χ1) is 9.16. The number of nitrogens with one attached hydrogen (secondary N) is 1. The zero-order valence-corrected chi connectivity index (χ0v) is 10.0. The van der Waals surface area contributed by atoms with Crippen molar-refractivity contribution >= 4 is 5.69 Å². The Morgan fingerprint density at radius 2 is 1.74 bits per heavy atom. The Morgan fingerprint density at radius 1 is 1.05 bits per heavy atom. The minimum atomic E-state index is -2.87. The van der Waals surface area contributed by atoms with Gasteiger partial charge in [0.2, 0.25) is 0 Å². The Balaban J connectivity index is 2.09. The summed E-state index contributed by atoms with van der Waals surface area (Å²) in [7, 11) is 0. The molecule has 0 aliphatic heterocycles. The van der Waals surface area contributed by atoms with E-state index in [1.165, 1.54) is 6.07 Å². The molecule has 5 heteroatoms. The van der Waals surface area contributed by atoms with E-state index in [2.05, 4.69) is 10.1 Å². The Kier molecular flexibility index (Phi) is 4.18. The molecular weight excluding hydrogens is 252 g/mol. The van der Waals surface area contributed by atoms with Crippen molar-refractivity contribution in [2.75, 3.05) is 5.32 Å². The van der Waals surface area contributed by atoms with E-state index < -0.39 is 6.61 Å². The highest BCUT2D eigenvalue weighted by Gasteiger charge is 2.09. The maximum atomic E-state index is 12.2. The van der Waals surface area contributed by atoms with Gasteiger partial charge in [0.15, 0.2) is 0 Å². The summed E-state index contributed by atoms with van der Waals surface area (Å²) in [5.41, 5.74) is 1.13. The SMILES string of the molecule is Oc1ccccc1CNc1ccccc1OC(F)F. The van der Waals surface area contributed by atoms with Gasteiger partial charge >= 0.3 is 6.61 Å². The molecule has 0 aliphatic carbocycles. The van der Waals surface area contributed by atoms with Gasteiger partial charge in [-0.05, 0) is 18.2 Å². The first-order valence-electron chi connectivity index (χ1n) is 5.71. The van der Waals surface area contributed by atoms with Crippen LogP contribution in [0.3, 0.4) is 0 Å². The fourth-order valence-electron chi connectivity index (χ4n) is 1.66. The number of halogens is 2. The van der Waals surface area contributed by atoms with Gasteiger partial charge in [0.1, 0.15) is 11.5 Å². The minimum absolute atomic E-state index is 0.0768. The Labute approximate surface area is 109 Å². The van der Waals surface area contributed by atoms with Crippen molar-refractivity contribution in [3.05, 3.63) is 54.1 Å². The van der Waals surface area contributed by atoms with Gasteiger partial charge in [-0.15, -0.1) is 0 Å². The summed E-state index contributed by atoms with van der Waals surface area (Å²) in [5, 5.41) is 12.6. The van der Waals surface area contributed by atoms with Crippen LogP contribution in [0.4, 0.5) is 14.5 Å². The third-order valence-corrected chi connectivity index (χ3v) is 2.56. The number of alkyl halides is 2. The highest BCUT2D eigenvalue weighted by Crippen LogP contribution is 2.26. The number of aromatic hydroxyl groups is 1. The van der Waals surface area contributed by atoms with E-state index in [0.29, 0.717) is 17.8 Å². The summed E-state index contributed by atoms with van der Waals surface area (Å²) in [6.07, 6.45) is 0. The van der Waals surface area contributed by atoms with Crippen molar-refractivity contribution in [2.45, 2.75) is 13.2 Å². The maximum Gasteiger partial charge on any atom is 0.387 e. The summed E-state index contributed by atoms with van der Waals surface area (Å²) < 4.78 is 28.9. The molecule has 2 aromatic rings. The van der Waals surface area contributed by atoms with Crippen molar-refractivity contribution in [1.82, 2.24) is 0 Å². The van der Waals surface area contributed by atoms with E-state index in [-0.39, 0.29) is 11.5 Å². The predicted molar refractivity (Wildman–Crippen MR) is 68.5 cm³/mol. The molecule has 0 aromatic heterocycles. The van der Waals surface area contributed by atoms with E-state index in [1.54, 1.807) is 42.5 Å². The molecule has 0 radical (unpaired) electrons. The lowest BCUT2D eigenvalue weighted by atomic mass is 10.2. The van der Waals surface area contributed by atoms with Crippen LogP contribution in [0.15, 0.2) is 48.5 Å². The van der Waals surface area contributed by atoms with Crippen LogP contribution < -0.4 is 10.1 Å². The van der Waals surface area contributed by atoms with Crippen LogP contribution in [-0.4, -0.2) is 11.7 Å². The van der Waals surface area contributed by atoms with E-state index in [4.69, 9.17) is 0 Å². The van der Waals surface area contributed by atoms with Gasteiger partial charge in [-0.2, -0.15) is 8.78 Å². The van der Waals surface area contributed by atoms with Crippen molar-refractivity contribution in [3.8, 4) is 11.5 Å². The van der Waals surface area contributed by atoms with Crippen molar-refractivity contribution in [1.29, 1.82) is 0 Å². The molecule has 2 N–H and O–H groups in total. The predicted octanol–water partition coefficient (Wildman–Crippen LogP) is 3.61. The molecular formula is C14H13F2NO2. The largest absolute Gasteiger partial charge is 0.508 e. The summed E-state index contributed by atoms with van der Waals surface area (Å²) in [4.78, 5) is 0. The standard InChI is InChI=1S/C14H13F2NO2/c15-14(16)19-13-8-4-2-6-11(13)17-9-10-5-1-3-7-12(10)18/h1-8,14,17-18H,9H2. The number of para-hydroxylation sites is 3. The minimum Gasteiger partial charge on any atom is -0.508 e. The smallest absolute Gasteiger partial charge is 0.387 e. The van der Waals surface area contributed by atoms with E-state index >= 15 is 0 Å². The topological polar surface area (TPSA) is 41.5 Å². The van der Waals surface area contributed by atoms with Crippen LogP contribution in [0.1, 0.15) is 5.56 Å². The Hall–Kier alpha value is -2.30. The zero-order chi connectivity index (χ0) is 13.7. The highest BCUT2D eigenvalue weighted by atomic mass is 19.3. The molecule has 0 saturated carbocycles. The molecule has 0 bridgehead atoms. The van der Waals surface area contributed by atoms with Crippen LogP contribution in [0.25, 0.3) is 0 Å². The number of anilines is 1. The zero-order valence-electron chi connectivity index (χ0n) is 10.0. The third-order valence-electron chi connectivity index (χ3n) is 2.56. The second-order valence-corrected chi connectivity index (χ2v) is 3.86. The van der Waals surface area contributed by atoms with E-state index in [1.807, 2.05) is 0 Å². The molecule has 0 atom stereocenters. The van der Waals surface area contributed by atoms with Crippen molar-refractivity contribution in [2.24, 2.45) is 0 Å². The molecule has 0 amide bonds. The molecule has 19 heavy (non-hydrogen) atoms. The number of ether oxygens (including phenoxy) is 1. The third kappa shape index (κ3) is 3.58. The number of phenolic OH excluding ortho intramolecular Hbond substituents is 1. The van der Waals surface area contributed by atoms with Crippen LogP contribution >= 0.6 is 0 Å². The van der Waals surface area contributed by atoms with Crippen LogP contribution in [-0.2, 0) is 6.54 Å². The molecule has 0 heterocycles. The number of rotatable bonds is 5. The maximum absolute atomic E-state index is 12.2. The lowest BCUT2D eigenvalue weighted by molar-refractivity contribution is -0.0493. The Bertz CT molecular complexity index is 546. The molecule has 100 valence electrons. The second kappa shape index (κ2) is 6.04. The van der Waals surface area contributed by atoms with Crippen LogP contribution in [0, 0.1) is 0 Å². The van der Waals surface area contributed by atoms with Gasteiger partial charge < -0.3 is 15.2 Å². The van der Waals surface area contributed by atoms with Crippen molar-refractivity contribution < 1.29 is 18.6 Å². The molecule has 2 rings (SSSR count). The summed E-state index contributed by atoms with van der Waals surface area (Å²) in [5.74, 6) is 0.232. The second-order valence-electron chi connectivity index (χ2n) is 3.86. The first-order valence-corrected chi connectivity index (χ1v) is 5.71. The monoisotopic (exact) mass is 265 g/mol. The van der Waals surface area contributed by atoms with E-state index in [9.17, 15) is 13.9 Å². The summed E-state index contributed by atoms with van der Waals surface area (Å²) in [6, 6.07) is 13.2. The lowest BCUT2D eigenvalue weighted by Gasteiger charge is -2.13. The molecule has 0 aliphatic rings. The molecule has 2 aromatic carbocycles. The number of hydrogen-bond donors (Lipinski definition) is 2. The average molecular weight is 265 g/mol. The molecule has 3 nitrogen and oxygen atoms in total. The average Bonchev–Trinajstić information content (AvgIpc) is 2.39. The number of phenols is 1. The quantitative estimate of drug-likeness (QED) is 0.867. The Morgan fingerprint density at radius 3 is 2.47 bits per heavy atom. The lowest BCUT2D eigenvalue weighted by Crippen LogP contribution is -2.06. The van der Waals surface area contributed by atoms with E-state index in [0.717, 1.165) is 0 Å². The van der Waals surface area contributed by atoms with Gasteiger partial charge in [0.05, 0.1) is 5.69 Å². The summed E-state index contributed by atoms with van der Waals surface area (Å²) >= 11 is 0. The van der Waals surface area contributed by atoms with Gasteiger partial charge in [-0.1, -0.05) is 30.3 Å². The number of benzene rings is 2.